The van der Waals surface area contributed by atoms with Gasteiger partial charge < -0.3 is 24.1 Å². The first-order chi connectivity index (χ1) is 17.7. The molecular formula is C26H20F2N4O4S. The maximum absolute atomic E-state index is 14.4. The fourth-order valence-electron chi connectivity index (χ4n) is 3.77. The lowest BCUT2D eigenvalue weighted by atomic mass is 10.0. The summed E-state index contributed by atoms with van der Waals surface area (Å²) >= 11 is 1.28. The molecule has 5 aromatic rings. The Labute approximate surface area is 213 Å². The van der Waals surface area contributed by atoms with Gasteiger partial charge in [0.1, 0.15) is 17.8 Å². The molecule has 1 unspecified atom stereocenters. The van der Waals surface area contributed by atoms with Crippen LogP contribution in [-0.4, -0.2) is 26.1 Å². The van der Waals surface area contributed by atoms with E-state index in [4.69, 9.17) is 9.15 Å². The first kappa shape index (κ1) is 24.3. The van der Waals surface area contributed by atoms with Crippen molar-refractivity contribution >= 4 is 27.1 Å². The highest BCUT2D eigenvalue weighted by molar-refractivity contribution is 7.22. The first-order valence-electron chi connectivity index (χ1n) is 11.0. The molecule has 0 radical (unpaired) electrons. The van der Waals surface area contributed by atoms with Crippen molar-refractivity contribution in [1.82, 2.24) is 14.8 Å². The lowest BCUT2D eigenvalue weighted by molar-refractivity contribution is 0.253. The smallest absolute Gasteiger partial charge is 0.259 e. The SMILES string of the molecule is C=CC(O)Nc1ccc(Oc2ccc(F)cc2F)c(-c2cn(C)c(=O)c3cc(-c4nnc(C)o4)sc23)c1. The monoisotopic (exact) mass is 522 g/mol. The number of fused-ring (bicyclic) bond motifs is 1. The molecule has 0 saturated heterocycles. The van der Waals surface area contributed by atoms with Crippen LogP contribution in [0.4, 0.5) is 14.5 Å². The molecular weight excluding hydrogens is 502 g/mol. The van der Waals surface area contributed by atoms with Crippen LogP contribution >= 0.6 is 11.3 Å². The van der Waals surface area contributed by atoms with E-state index in [1.54, 1.807) is 44.4 Å². The molecule has 0 aliphatic heterocycles. The van der Waals surface area contributed by atoms with Gasteiger partial charge in [-0.1, -0.05) is 6.58 Å². The third-order valence-corrected chi connectivity index (χ3v) is 6.66. The van der Waals surface area contributed by atoms with E-state index >= 15 is 0 Å². The van der Waals surface area contributed by atoms with Crippen molar-refractivity contribution in [2.24, 2.45) is 7.05 Å². The molecule has 1 atom stereocenters. The van der Waals surface area contributed by atoms with Crippen LogP contribution in [0, 0.1) is 18.6 Å². The maximum atomic E-state index is 14.4. The van der Waals surface area contributed by atoms with Gasteiger partial charge in [0.25, 0.3) is 11.4 Å². The Balaban J connectivity index is 1.72. The van der Waals surface area contributed by atoms with Crippen molar-refractivity contribution in [3.8, 4) is 33.4 Å². The number of nitrogens with one attached hydrogen (secondary N) is 1. The Morgan fingerprint density at radius 3 is 2.65 bits per heavy atom. The number of anilines is 1. The second-order valence-corrected chi connectivity index (χ2v) is 9.20. The molecule has 188 valence electrons. The molecule has 8 nitrogen and oxygen atoms in total. The van der Waals surface area contributed by atoms with Gasteiger partial charge in [0.2, 0.25) is 5.89 Å². The molecule has 0 spiro atoms. The predicted octanol–water partition coefficient (Wildman–Crippen LogP) is 5.61. The molecule has 0 bridgehead atoms. The van der Waals surface area contributed by atoms with E-state index in [1.165, 1.54) is 28.0 Å². The molecule has 0 aliphatic carbocycles. The zero-order valence-electron chi connectivity index (χ0n) is 19.7. The van der Waals surface area contributed by atoms with Gasteiger partial charge in [-0.15, -0.1) is 21.5 Å². The van der Waals surface area contributed by atoms with Crippen LogP contribution in [0.2, 0.25) is 0 Å². The summed E-state index contributed by atoms with van der Waals surface area (Å²) in [5.41, 5.74) is 1.36. The zero-order chi connectivity index (χ0) is 26.3. The third-order valence-electron chi connectivity index (χ3n) is 5.51. The highest BCUT2D eigenvalue weighted by atomic mass is 32.1. The summed E-state index contributed by atoms with van der Waals surface area (Å²) in [5.74, 6) is -0.870. The summed E-state index contributed by atoms with van der Waals surface area (Å²) in [6, 6.07) is 9.61. The Morgan fingerprint density at radius 2 is 1.95 bits per heavy atom. The molecule has 37 heavy (non-hydrogen) atoms. The Hall–Kier alpha value is -4.35. The number of thiophene rings is 1. The van der Waals surface area contributed by atoms with Crippen molar-refractivity contribution in [3.63, 3.8) is 0 Å². The van der Waals surface area contributed by atoms with E-state index in [0.717, 1.165) is 12.1 Å². The molecule has 0 fully saturated rings. The predicted molar refractivity (Wildman–Crippen MR) is 137 cm³/mol. The van der Waals surface area contributed by atoms with E-state index in [0.29, 0.717) is 37.7 Å². The standard InChI is InChI=1S/C26H20F2N4O4S/c1-4-23(33)29-15-6-8-20(36-21-7-5-14(27)9-19(21)28)16(10-15)18-12-32(3)26(34)17-11-22(37-24(17)18)25-31-30-13(2)35-25/h4-12,23,29,33H,1H2,2-3H3. The second kappa shape index (κ2) is 9.60. The summed E-state index contributed by atoms with van der Waals surface area (Å²) in [6.07, 6.45) is 1.93. The van der Waals surface area contributed by atoms with Crippen LogP contribution in [0.1, 0.15) is 5.89 Å². The first-order valence-corrected chi connectivity index (χ1v) is 11.8. The topological polar surface area (TPSA) is 102 Å². The number of hydrogen-bond acceptors (Lipinski definition) is 8. The Kier molecular flexibility index (Phi) is 6.32. The van der Waals surface area contributed by atoms with Gasteiger partial charge in [-0.2, -0.15) is 0 Å². The van der Waals surface area contributed by atoms with Crippen LogP contribution < -0.4 is 15.6 Å². The molecule has 11 heteroatoms. The van der Waals surface area contributed by atoms with E-state index < -0.39 is 17.9 Å². The van der Waals surface area contributed by atoms with E-state index in [1.807, 2.05) is 0 Å². The summed E-state index contributed by atoms with van der Waals surface area (Å²) in [4.78, 5) is 13.6. The highest BCUT2D eigenvalue weighted by Gasteiger charge is 2.20. The molecule has 5 rings (SSSR count). The molecule has 3 heterocycles. The average molecular weight is 523 g/mol. The Morgan fingerprint density at radius 1 is 1.16 bits per heavy atom. The molecule has 0 saturated carbocycles. The minimum atomic E-state index is -1.02. The average Bonchev–Trinajstić information content (AvgIpc) is 3.51. The van der Waals surface area contributed by atoms with Crippen molar-refractivity contribution < 1.29 is 23.0 Å². The van der Waals surface area contributed by atoms with Crippen molar-refractivity contribution in [1.29, 1.82) is 0 Å². The van der Waals surface area contributed by atoms with Crippen LogP contribution in [0.25, 0.3) is 32.0 Å². The van der Waals surface area contributed by atoms with Gasteiger partial charge in [-0.25, -0.2) is 8.78 Å². The van der Waals surface area contributed by atoms with Crippen molar-refractivity contribution in [2.45, 2.75) is 13.2 Å². The van der Waals surface area contributed by atoms with Gasteiger partial charge in [-0.05, 0) is 42.5 Å². The number of aryl methyl sites for hydroxylation is 2. The quantitative estimate of drug-likeness (QED) is 0.212. The number of rotatable bonds is 7. The van der Waals surface area contributed by atoms with E-state index in [9.17, 15) is 18.7 Å². The second-order valence-electron chi connectivity index (χ2n) is 8.15. The van der Waals surface area contributed by atoms with Crippen molar-refractivity contribution in [3.05, 3.63) is 89.2 Å². The third kappa shape index (κ3) is 4.74. The summed E-state index contributed by atoms with van der Waals surface area (Å²) in [5, 5.41) is 21.2. The summed E-state index contributed by atoms with van der Waals surface area (Å²) < 4.78 is 41.4. The number of nitrogens with zero attached hydrogens (tertiary/aromatic N) is 3. The Bertz CT molecular complexity index is 1710. The normalized spacial score (nSPS) is 12.0. The van der Waals surface area contributed by atoms with Crippen LogP contribution in [0.5, 0.6) is 11.5 Å². The van der Waals surface area contributed by atoms with Gasteiger partial charge in [0.15, 0.2) is 11.6 Å². The largest absolute Gasteiger partial charge is 0.454 e. The minimum Gasteiger partial charge on any atom is -0.454 e. The number of benzene rings is 2. The summed E-state index contributed by atoms with van der Waals surface area (Å²) in [7, 11) is 1.61. The van der Waals surface area contributed by atoms with E-state index in [2.05, 4.69) is 22.1 Å². The zero-order valence-corrected chi connectivity index (χ0v) is 20.5. The number of ether oxygens (including phenoxy) is 1. The van der Waals surface area contributed by atoms with Gasteiger partial charge >= 0.3 is 0 Å². The van der Waals surface area contributed by atoms with Gasteiger partial charge in [0.05, 0.1) is 15.0 Å². The summed E-state index contributed by atoms with van der Waals surface area (Å²) in [6.45, 7) is 5.23. The van der Waals surface area contributed by atoms with Gasteiger partial charge in [-0.3, -0.25) is 4.79 Å². The van der Waals surface area contributed by atoms with E-state index in [-0.39, 0.29) is 22.9 Å². The number of aromatic nitrogens is 3. The lowest BCUT2D eigenvalue weighted by Gasteiger charge is -2.17. The highest BCUT2D eigenvalue weighted by Crippen LogP contribution is 2.42. The number of pyridine rings is 1. The molecule has 0 amide bonds. The van der Waals surface area contributed by atoms with Crippen LogP contribution in [0.3, 0.4) is 0 Å². The van der Waals surface area contributed by atoms with Crippen LogP contribution in [0.15, 0.2) is 70.5 Å². The number of aliphatic hydroxyl groups excluding tert-OH is 1. The van der Waals surface area contributed by atoms with Crippen molar-refractivity contribution in [2.75, 3.05) is 5.32 Å². The fraction of sp³-hybridized carbons (Fsp3) is 0.115. The number of halogens is 2. The van der Waals surface area contributed by atoms with Crippen LogP contribution in [-0.2, 0) is 7.05 Å². The number of aliphatic hydroxyl groups is 1. The molecule has 2 aromatic carbocycles. The molecule has 2 N–H and O–H groups in total. The minimum absolute atomic E-state index is 0.177. The molecule has 3 aromatic heterocycles. The number of hydrogen-bond donors (Lipinski definition) is 2. The van der Waals surface area contributed by atoms with Gasteiger partial charge in [0, 0.05) is 43.0 Å². The maximum Gasteiger partial charge on any atom is 0.259 e. The lowest BCUT2D eigenvalue weighted by Crippen LogP contribution is -2.16. The fourth-order valence-corrected chi connectivity index (χ4v) is 4.86. The molecule has 0 aliphatic rings.